The van der Waals surface area contributed by atoms with E-state index in [2.05, 4.69) is 24.5 Å². The number of fused-ring (bicyclic) bond motifs is 1. The minimum Gasteiger partial charge on any atom is -0.330 e. The normalized spacial score (nSPS) is 20.1. The SMILES string of the molecule is CC(C)(CN)CNCc1ccc2c(c1)C(=O)N(C1CCC(=O)NC1=O)C2=O. The molecule has 27 heavy (non-hydrogen) atoms. The summed E-state index contributed by atoms with van der Waals surface area (Å²) in [5, 5.41) is 5.49. The zero-order valence-electron chi connectivity index (χ0n) is 15.5. The van der Waals surface area contributed by atoms with Crippen molar-refractivity contribution in [2.24, 2.45) is 11.1 Å². The first-order chi connectivity index (χ1) is 12.7. The van der Waals surface area contributed by atoms with Gasteiger partial charge < -0.3 is 11.1 Å². The fraction of sp³-hybridized carbons (Fsp3) is 0.474. The molecule has 1 unspecified atom stereocenters. The number of imide groups is 2. The van der Waals surface area contributed by atoms with Crippen molar-refractivity contribution in [3.8, 4) is 0 Å². The summed E-state index contributed by atoms with van der Waals surface area (Å²) < 4.78 is 0. The maximum atomic E-state index is 12.8. The van der Waals surface area contributed by atoms with Crippen molar-refractivity contribution in [2.75, 3.05) is 13.1 Å². The van der Waals surface area contributed by atoms with Crippen molar-refractivity contribution in [3.05, 3.63) is 34.9 Å². The van der Waals surface area contributed by atoms with E-state index in [1.807, 2.05) is 0 Å². The zero-order chi connectivity index (χ0) is 19.8. The summed E-state index contributed by atoms with van der Waals surface area (Å²) in [4.78, 5) is 49.8. The number of rotatable bonds is 6. The van der Waals surface area contributed by atoms with Crippen molar-refractivity contribution in [2.45, 2.75) is 39.3 Å². The Hall–Kier alpha value is -2.58. The van der Waals surface area contributed by atoms with Crippen LogP contribution in [0.4, 0.5) is 0 Å². The van der Waals surface area contributed by atoms with Gasteiger partial charge in [-0.1, -0.05) is 19.9 Å². The number of piperidine rings is 1. The van der Waals surface area contributed by atoms with Gasteiger partial charge >= 0.3 is 0 Å². The van der Waals surface area contributed by atoms with Crippen LogP contribution in [0.25, 0.3) is 0 Å². The molecule has 1 saturated heterocycles. The first kappa shape index (κ1) is 19.2. The lowest BCUT2D eigenvalue weighted by Gasteiger charge is -2.27. The van der Waals surface area contributed by atoms with Gasteiger partial charge in [0.05, 0.1) is 11.1 Å². The van der Waals surface area contributed by atoms with E-state index in [4.69, 9.17) is 5.73 Å². The number of amides is 4. The van der Waals surface area contributed by atoms with Gasteiger partial charge in [0, 0.05) is 19.5 Å². The van der Waals surface area contributed by atoms with Gasteiger partial charge in [0.2, 0.25) is 11.8 Å². The van der Waals surface area contributed by atoms with Gasteiger partial charge in [0.25, 0.3) is 11.8 Å². The topological polar surface area (TPSA) is 122 Å². The number of carbonyl (C=O) groups excluding carboxylic acids is 4. The lowest BCUT2D eigenvalue weighted by molar-refractivity contribution is -0.136. The highest BCUT2D eigenvalue weighted by Gasteiger charge is 2.44. The minimum absolute atomic E-state index is 0.0366. The molecule has 0 aromatic heterocycles. The summed E-state index contributed by atoms with van der Waals surface area (Å²) >= 11 is 0. The van der Waals surface area contributed by atoms with Crippen molar-refractivity contribution in [3.63, 3.8) is 0 Å². The third-order valence-electron chi connectivity index (χ3n) is 4.99. The molecule has 0 bridgehead atoms. The van der Waals surface area contributed by atoms with Crippen LogP contribution in [-0.2, 0) is 16.1 Å². The lowest BCUT2D eigenvalue weighted by Crippen LogP contribution is -2.54. The van der Waals surface area contributed by atoms with Gasteiger partial charge in [0.1, 0.15) is 6.04 Å². The van der Waals surface area contributed by atoms with Gasteiger partial charge in [-0.2, -0.15) is 0 Å². The van der Waals surface area contributed by atoms with Crippen molar-refractivity contribution in [1.82, 2.24) is 15.5 Å². The Bertz CT molecular complexity index is 818. The molecule has 1 aromatic rings. The number of hydrogen-bond donors (Lipinski definition) is 3. The summed E-state index contributed by atoms with van der Waals surface area (Å²) in [5.74, 6) is -1.98. The molecular formula is C19H24N4O4. The highest BCUT2D eigenvalue weighted by molar-refractivity contribution is 6.23. The van der Waals surface area contributed by atoms with Crippen LogP contribution < -0.4 is 16.4 Å². The number of nitrogens with one attached hydrogen (secondary N) is 2. The van der Waals surface area contributed by atoms with E-state index < -0.39 is 23.8 Å². The Morgan fingerprint density at radius 2 is 1.89 bits per heavy atom. The number of nitrogens with zero attached hydrogens (tertiary/aromatic N) is 1. The fourth-order valence-electron chi connectivity index (χ4n) is 3.25. The van der Waals surface area contributed by atoms with Crippen LogP contribution in [0.1, 0.15) is 53.0 Å². The monoisotopic (exact) mass is 372 g/mol. The summed E-state index contributed by atoms with van der Waals surface area (Å²) in [6.07, 6.45) is 0.259. The Kier molecular flexibility index (Phi) is 5.12. The molecule has 4 N–H and O–H groups in total. The number of carbonyl (C=O) groups is 4. The van der Waals surface area contributed by atoms with E-state index in [1.54, 1.807) is 18.2 Å². The van der Waals surface area contributed by atoms with E-state index in [-0.39, 0.29) is 29.7 Å². The smallest absolute Gasteiger partial charge is 0.262 e. The van der Waals surface area contributed by atoms with Crippen LogP contribution >= 0.6 is 0 Å². The number of hydrogen-bond acceptors (Lipinski definition) is 6. The maximum absolute atomic E-state index is 12.8. The summed E-state index contributed by atoms with van der Waals surface area (Å²) in [6, 6.07) is 4.15. The van der Waals surface area contributed by atoms with Crippen LogP contribution in [0.3, 0.4) is 0 Å². The van der Waals surface area contributed by atoms with E-state index in [0.29, 0.717) is 18.7 Å². The lowest BCUT2D eigenvalue weighted by atomic mass is 9.94. The number of nitrogens with two attached hydrogens (primary N) is 1. The predicted octanol–water partition coefficient (Wildman–Crippen LogP) is 0.162. The second kappa shape index (κ2) is 7.21. The second-order valence-corrected chi connectivity index (χ2v) is 7.80. The molecule has 2 heterocycles. The molecule has 0 aliphatic carbocycles. The Morgan fingerprint density at radius 1 is 1.19 bits per heavy atom. The quantitative estimate of drug-likeness (QED) is 0.612. The highest BCUT2D eigenvalue weighted by Crippen LogP contribution is 2.28. The van der Waals surface area contributed by atoms with Crippen molar-refractivity contribution >= 4 is 23.6 Å². The first-order valence-corrected chi connectivity index (χ1v) is 8.99. The van der Waals surface area contributed by atoms with Crippen LogP contribution in [0.2, 0.25) is 0 Å². The standard InChI is InChI=1S/C19H24N4O4/c1-19(2,9-20)10-21-8-11-3-4-12-13(7-11)18(27)23(17(12)26)14-5-6-15(24)22-16(14)25/h3-4,7,14,21H,5-6,8-10,20H2,1-2H3,(H,22,24,25). The van der Waals surface area contributed by atoms with E-state index in [9.17, 15) is 19.2 Å². The first-order valence-electron chi connectivity index (χ1n) is 8.99. The molecule has 1 fully saturated rings. The van der Waals surface area contributed by atoms with Gasteiger partial charge in [-0.3, -0.25) is 29.4 Å². The third-order valence-corrected chi connectivity index (χ3v) is 4.99. The average molecular weight is 372 g/mol. The molecular weight excluding hydrogens is 348 g/mol. The van der Waals surface area contributed by atoms with Crippen LogP contribution in [0.15, 0.2) is 18.2 Å². The summed E-state index contributed by atoms with van der Waals surface area (Å²) in [6.45, 7) is 5.93. The van der Waals surface area contributed by atoms with Gasteiger partial charge in [0.15, 0.2) is 0 Å². The van der Waals surface area contributed by atoms with E-state index >= 15 is 0 Å². The molecule has 0 spiro atoms. The Labute approximate surface area is 157 Å². The molecule has 1 aromatic carbocycles. The molecule has 3 rings (SSSR count). The highest BCUT2D eigenvalue weighted by atomic mass is 16.2. The molecule has 8 nitrogen and oxygen atoms in total. The summed E-state index contributed by atoms with van der Waals surface area (Å²) in [7, 11) is 0. The molecule has 0 radical (unpaired) electrons. The molecule has 4 amide bonds. The van der Waals surface area contributed by atoms with Gasteiger partial charge in [-0.15, -0.1) is 0 Å². The van der Waals surface area contributed by atoms with E-state index in [1.165, 1.54) is 0 Å². The van der Waals surface area contributed by atoms with E-state index in [0.717, 1.165) is 17.0 Å². The van der Waals surface area contributed by atoms with Crippen LogP contribution in [0, 0.1) is 5.41 Å². The maximum Gasteiger partial charge on any atom is 0.262 e. The molecule has 8 heteroatoms. The second-order valence-electron chi connectivity index (χ2n) is 7.80. The zero-order valence-corrected chi connectivity index (χ0v) is 15.5. The van der Waals surface area contributed by atoms with Crippen molar-refractivity contribution in [1.29, 1.82) is 0 Å². The van der Waals surface area contributed by atoms with Gasteiger partial charge in [-0.05, 0) is 36.1 Å². The van der Waals surface area contributed by atoms with Crippen LogP contribution in [-0.4, -0.2) is 47.7 Å². The molecule has 1 atom stereocenters. The average Bonchev–Trinajstić information content (AvgIpc) is 2.86. The minimum atomic E-state index is -0.943. The Morgan fingerprint density at radius 3 is 2.56 bits per heavy atom. The van der Waals surface area contributed by atoms with Crippen molar-refractivity contribution < 1.29 is 19.2 Å². The molecule has 2 aliphatic heterocycles. The van der Waals surface area contributed by atoms with Crippen LogP contribution in [0.5, 0.6) is 0 Å². The third kappa shape index (κ3) is 3.77. The Balaban J connectivity index is 1.75. The molecule has 2 aliphatic rings. The molecule has 0 saturated carbocycles. The van der Waals surface area contributed by atoms with Gasteiger partial charge in [-0.25, -0.2) is 0 Å². The largest absolute Gasteiger partial charge is 0.330 e. The number of benzene rings is 1. The molecule has 144 valence electrons. The summed E-state index contributed by atoms with van der Waals surface area (Å²) in [5.41, 5.74) is 7.13. The fourth-order valence-corrected chi connectivity index (χ4v) is 3.25. The predicted molar refractivity (Wildman–Crippen MR) is 97.7 cm³/mol.